The summed E-state index contributed by atoms with van der Waals surface area (Å²) < 4.78 is 3.55. The number of carbonyl (C=O) groups is 1. The minimum Gasteiger partial charge on any atom is -0.308 e. The highest BCUT2D eigenvalue weighted by Gasteiger charge is 2.18. The Morgan fingerprint density at radius 3 is 2.39 bits per heavy atom. The first-order valence-electron chi connectivity index (χ1n) is 10.3. The normalized spacial score (nSPS) is 12.0. The Hall–Kier alpha value is -3.73. The van der Waals surface area contributed by atoms with Gasteiger partial charge in [0.05, 0.1) is 23.6 Å². The minimum atomic E-state index is -0.285. The van der Waals surface area contributed by atoms with Crippen LogP contribution >= 0.6 is 0 Å². The highest BCUT2D eigenvalue weighted by Crippen LogP contribution is 2.20. The van der Waals surface area contributed by atoms with E-state index in [1.807, 2.05) is 74.9 Å². The molecule has 156 valence electrons. The Bertz CT molecular complexity index is 1310. The molecule has 4 aromatic rings. The lowest BCUT2D eigenvalue weighted by Crippen LogP contribution is -2.28. The quantitative estimate of drug-likeness (QED) is 0.443. The molecule has 5 heteroatoms. The van der Waals surface area contributed by atoms with E-state index in [1.54, 1.807) is 35.3 Å². The first-order valence-corrected chi connectivity index (χ1v) is 10.3. The van der Waals surface area contributed by atoms with E-state index in [9.17, 15) is 9.59 Å². The Morgan fingerprint density at radius 2 is 1.74 bits per heavy atom. The molecule has 5 nitrogen and oxygen atoms in total. The van der Waals surface area contributed by atoms with E-state index >= 15 is 0 Å². The standard InChI is InChI=1S/C26H25N3O2/c1-17-7-9-21(10-8-17)20(4)29-13-5-6-23(26(29)31)25(30)22-11-12-24(18(2)14-22)28-15-19(3)27-16-28/h5-16,20H,1-4H3. The zero-order valence-electron chi connectivity index (χ0n) is 18.2. The van der Waals surface area contributed by atoms with Crippen LogP contribution in [-0.2, 0) is 0 Å². The molecule has 31 heavy (non-hydrogen) atoms. The Kier molecular flexibility index (Phi) is 5.42. The maximum atomic E-state index is 13.2. The third-order valence-corrected chi connectivity index (χ3v) is 5.64. The van der Waals surface area contributed by atoms with Crippen molar-refractivity contribution in [3.8, 4) is 5.69 Å². The van der Waals surface area contributed by atoms with Gasteiger partial charge in [0, 0.05) is 23.6 Å². The Morgan fingerprint density at radius 1 is 1.00 bits per heavy atom. The summed E-state index contributed by atoms with van der Waals surface area (Å²) in [6.07, 6.45) is 5.42. The molecule has 2 aromatic carbocycles. The fourth-order valence-electron chi connectivity index (χ4n) is 3.79. The van der Waals surface area contributed by atoms with Gasteiger partial charge in [-0.1, -0.05) is 29.8 Å². The summed E-state index contributed by atoms with van der Waals surface area (Å²) in [5.74, 6) is -0.271. The summed E-state index contributed by atoms with van der Waals surface area (Å²) in [6.45, 7) is 7.87. The van der Waals surface area contributed by atoms with Crippen LogP contribution in [0.1, 0.15) is 51.3 Å². The fourth-order valence-corrected chi connectivity index (χ4v) is 3.79. The maximum Gasteiger partial charge on any atom is 0.262 e. The first-order chi connectivity index (χ1) is 14.8. The van der Waals surface area contributed by atoms with Crippen molar-refractivity contribution in [3.63, 3.8) is 0 Å². The number of pyridine rings is 1. The highest BCUT2D eigenvalue weighted by molar-refractivity contribution is 6.09. The van der Waals surface area contributed by atoms with E-state index in [1.165, 1.54) is 0 Å². The van der Waals surface area contributed by atoms with Gasteiger partial charge in [-0.25, -0.2) is 4.98 Å². The van der Waals surface area contributed by atoms with Crippen molar-refractivity contribution in [2.75, 3.05) is 0 Å². The van der Waals surface area contributed by atoms with E-state index in [0.29, 0.717) is 5.56 Å². The molecule has 1 atom stereocenters. The van der Waals surface area contributed by atoms with Gasteiger partial charge in [0.15, 0.2) is 5.78 Å². The van der Waals surface area contributed by atoms with Crippen LogP contribution in [0.3, 0.4) is 0 Å². The largest absolute Gasteiger partial charge is 0.308 e. The summed E-state index contributed by atoms with van der Waals surface area (Å²) >= 11 is 0. The van der Waals surface area contributed by atoms with Gasteiger partial charge in [0.1, 0.15) is 0 Å². The van der Waals surface area contributed by atoms with E-state index in [-0.39, 0.29) is 22.9 Å². The molecule has 1 unspecified atom stereocenters. The number of imidazole rings is 1. The van der Waals surface area contributed by atoms with Crippen LogP contribution in [0, 0.1) is 20.8 Å². The number of aromatic nitrogens is 3. The Labute approximate surface area is 181 Å². The summed E-state index contributed by atoms with van der Waals surface area (Å²) in [5, 5.41) is 0. The molecule has 0 saturated carbocycles. The molecular weight excluding hydrogens is 386 g/mol. The minimum absolute atomic E-state index is 0.172. The van der Waals surface area contributed by atoms with Crippen LogP contribution in [0.2, 0.25) is 0 Å². The van der Waals surface area contributed by atoms with E-state index in [4.69, 9.17) is 0 Å². The predicted octanol–water partition coefficient (Wildman–Crippen LogP) is 4.80. The van der Waals surface area contributed by atoms with E-state index < -0.39 is 0 Å². The lowest BCUT2D eigenvalue weighted by molar-refractivity contribution is 0.103. The van der Waals surface area contributed by atoms with Crippen molar-refractivity contribution in [1.82, 2.24) is 14.1 Å². The molecule has 0 aliphatic heterocycles. The summed E-state index contributed by atoms with van der Waals surface area (Å²) in [7, 11) is 0. The predicted molar refractivity (Wildman–Crippen MR) is 122 cm³/mol. The molecule has 0 aliphatic carbocycles. The second-order valence-corrected chi connectivity index (χ2v) is 7.97. The van der Waals surface area contributed by atoms with Crippen molar-refractivity contribution in [2.45, 2.75) is 33.7 Å². The van der Waals surface area contributed by atoms with Crippen LogP contribution in [0.5, 0.6) is 0 Å². The van der Waals surface area contributed by atoms with E-state index in [0.717, 1.165) is 28.1 Å². The number of benzene rings is 2. The number of nitrogens with zero attached hydrogens (tertiary/aromatic N) is 3. The number of carbonyl (C=O) groups excluding carboxylic acids is 1. The number of rotatable bonds is 5. The van der Waals surface area contributed by atoms with Crippen molar-refractivity contribution >= 4 is 5.78 Å². The number of hydrogen-bond acceptors (Lipinski definition) is 3. The summed E-state index contributed by atoms with van der Waals surface area (Å²) in [5.41, 5.74) is 5.39. The van der Waals surface area contributed by atoms with Crippen LogP contribution in [-0.4, -0.2) is 19.9 Å². The zero-order valence-corrected chi connectivity index (χ0v) is 18.2. The molecule has 2 aromatic heterocycles. The number of hydrogen-bond donors (Lipinski definition) is 0. The fraction of sp³-hybridized carbons (Fsp3) is 0.192. The van der Waals surface area contributed by atoms with Crippen molar-refractivity contribution < 1.29 is 4.79 Å². The number of aryl methyl sites for hydroxylation is 3. The van der Waals surface area contributed by atoms with Crippen molar-refractivity contribution in [1.29, 1.82) is 0 Å². The average molecular weight is 412 g/mol. The van der Waals surface area contributed by atoms with Crippen LogP contribution in [0.4, 0.5) is 0 Å². The second-order valence-electron chi connectivity index (χ2n) is 7.97. The van der Waals surface area contributed by atoms with Crippen molar-refractivity contribution in [3.05, 3.63) is 117 Å². The summed E-state index contributed by atoms with van der Waals surface area (Å²) in [6, 6.07) is 16.8. The van der Waals surface area contributed by atoms with Gasteiger partial charge < -0.3 is 9.13 Å². The van der Waals surface area contributed by atoms with Gasteiger partial charge in [-0.15, -0.1) is 0 Å². The lowest BCUT2D eigenvalue weighted by atomic mass is 10.0. The van der Waals surface area contributed by atoms with Gasteiger partial charge in [0.25, 0.3) is 5.56 Å². The third-order valence-electron chi connectivity index (χ3n) is 5.64. The molecule has 0 radical (unpaired) electrons. The van der Waals surface area contributed by atoms with Crippen LogP contribution in [0.25, 0.3) is 5.69 Å². The molecule has 0 spiro atoms. The Balaban J connectivity index is 1.68. The van der Waals surface area contributed by atoms with Crippen LogP contribution in [0.15, 0.2) is 78.1 Å². The molecule has 0 fully saturated rings. The topological polar surface area (TPSA) is 56.9 Å². The summed E-state index contributed by atoms with van der Waals surface area (Å²) in [4.78, 5) is 30.6. The van der Waals surface area contributed by atoms with Gasteiger partial charge >= 0.3 is 0 Å². The van der Waals surface area contributed by atoms with Crippen LogP contribution < -0.4 is 5.56 Å². The van der Waals surface area contributed by atoms with Gasteiger partial charge in [-0.2, -0.15) is 0 Å². The van der Waals surface area contributed by atoms with Crippen molar-refractivity contribution in [2.24, 2.45) is 0 Å². The monoisotopic (exact) mass is 411 g/mol. The van der Waals surface area contributed by atoms with Gasteiger partial charge in [0.2, 0.25) is 0 Å². The SMILES string of the molecule is Cc1ccc(C(C)n2cccc(C(=O)c3ccc(-n4cnc(C)c4)c(C)c3)c2=O)cc1. The van der Waals surface area contributed by atoms with Gasteiger partial charge in [-0.3, -0.25) is 9.59 Å². The number of ketones is 1. The van der Waals surface area contributed by atoms with Gasteiger partial charge in [-0.05, 0) is 69.2 Å². The molecule has 0 aliphatic rings. The highest BCUT2D eigenvalue weighted by atomic mass is 16.1. The first kappa shape index (κ1) is 20.5. The second kappa shape index (κ2) is 8.19. The van der Waals surface area contributed by atoms with E-state index in [2.05, 4.69) is 4.98 Å². The molecule has 0 amide bonds. The smallest absolute Gasteiger partial charge is 0.262 e. The third kappa shape index (κ3) is 3.99. The molecule has 2 heterocycles. The lowest BCUT2D eigenvalue weighted by Gasteiger charge is -2.17. The average Bonchev–Trinajstić information content (AvgIpc) is 3.19. The molecule has 0 saturated heterocycles. The molecule has 0 bridgehead atoms. The molecule has 4 rings (SSSR count). The maximum absolute atomic E-state index is 13.2. The zero-order chi connectivity index (χ0) is 22.1. The molecule has 0 N–H and O–H groups in total. The molecular formula is C26H25N3O2.